The summed E-state index contributed by atoms with van der Waals surface area (Å²) >= 11 is 0. The topological polar surface area (TPSA) is 71.2 Å². The summed E-state index contributed by atoms with van der Waals surface area (Å²) in [6, 6.07) is 13.2. The highest BCUT2D eigenvalue weighted by atomic mass is 16.3. The van der Waals surface area contributed by atoms with E-state index >= 15 is 0 Å². The van der Waals surface area contributed by atoms with Crippen molar-refractivity contribution < 1.29 is 9.90 Å². The van der Waals surface area contributed by atoms with Crippen molar-refractivity contribution in [1.82, 2.24) is 19.4 Å². The molecular formula is C22H24N4O2. The van der Waals surface area contributed by atoms with Gasteiger partial charge >= 0.3 is 0 Å². The molecule has 0 bridgehead atoms. The molecule has 1 aliphatic heterocycles. The highest BCUT2D eigenvalue weighted by Crippen LogP contribution is 2.30. The Bertz CT molecular complexity index is 929. The molecule has 1 atom stereocenters. The summed E-state index contributed by atoms with van der Waals surface area (Å²) in [5, 5.41) is 10.6. The van der Waals surface area contributed by atoms with Crippen LogP contribution in [0.3, 0.4) is 0 Å². The van der Waals surface area contributed by atoms with Crippen molar-refractivity contribution in [3.63, 3.8) is 0 Å². The van der Waals surface area contributed by atoms with E-state index in [0.29, 0.717) is 24.3 Å². The van der Waals surface area contributed by atoms with Crippen LogP contribution in [0.2, 0.25) is 0 Å². The number of carbonyl (C=O) groups excluding carboxylic acids is 1. The van der Waals surface area contributed by atoms with Gasteiger partial charge in [-0.3, -0.25) is 9.78 Å². The van der Waals surface area contributed by atoms with E-state index in [1.54, 1.807) is 12.4 Å². The average Bonchev–Trinajstić information content (AvgIpc) is 3.19. The van der Waals surface area contributed by atoms with Gasteiger partial charge in [0.2, 0.25) is 0 Å². The predicted octanol–water partition coefficient (Wildman–Crippen LogP) is 3.07. The molecule has 6 heteroatoms. The molecule has 1 fully saturated rings. The lowest BCUT2D eigenvalue weighted by Gasteiger charge is -2.34. The van der Waals surface area contributed by atoms with Gasteiger partial charge in [0.1, 0.15) is 5.82 Å². The number of amides is 1. The number of nitrogens with zero attached hydrogens (tertiary/aromatic N) is 4. The molecule has 1 aromatic carbocycles. The maximum absolute atomic E-state index is 12.8. The van der Waals surface area contributed by atoms with Crippen LogP contribution in [0.25, 0.3) is 11.4 Å². The number of hydrogen-bond acceptors (Lipinski definition) is 4. The predicted molar refractivity (Wildman–Crippen MR) is 106 cm³/mol. The van der Waals surface area contributed by atoms with Crippen LogP contribution >= 0.6 is 0 Å². The molecule has 1 N–H and O–H groups in total. The highest BCUT2D eigenvalue weighted by molar-refractivity contribution is 5.94. The Kier molecular flexibility index (Phi) is 5.21. The Morgan fingerprint density at radius 3 is 2.43 bits per heavy atom. The zero-order valence-corrected chi connectivity index (χ0v) is 15.9. The molecule has 4 rings (SSSR count). The first-order valence-corrected chi connectivity index (χ1v) is 9.59. The van der Waals surface area contributed by atoms with Gasteiger partial charge in [-0.15, -0.1) is 0 Å². The third-order valence-electron chi connectivity index (χ3n) is 5.48. The Hall–Kier alpha value is -2.99. The van der Waals surface area contributed by atoms with E-state index in [1.807, 2.05) is 65.2 Å². The first-order chi connectivity index (χ1) is 13.6. The molecule has 0 radical (unpaired) electrons. The van der Waals surface area contributed by atoms with Gasteiger partial charge in [-0.2, -0.15) is 0 Å². The third-order valence-corrected chi connectivity index (χ3v) is 5.48. The van der Waals surface area contributed by atoms with Crippen LogP contribution in [-0.2, 0) is 7.05 Å². The van der Waals surface area contributed by atoms with Gasteiger partial charge in [-0.1, -0.05) is 18.2 Å². The lowest BCUT2D eigenvalue weighted by Crippen LogP contribution is -2.39. The van der Waals surface area contributed by atoms with Crippen LogP contribution in [0.15, 0.2) is 61.1 Å². The van der Waals surface area contributed by atoms with Gasteiger partial charge in [0.15, 0.2) is 0 Å². The molecule has 3 heterocycles. The molecule has 144 valence electrons. The standard InChI is InChI=1S/C22H24N4O2/c1-25-15-12-24-21(25)17-5-7-18(8-6-17)22(28)26-13-9-16(10-14-26)20(27)19-4-2-3-11-23-19/h2-8,11-12,15-16,20,27H,9-10,13-14H2,1H3/t20-/m0/s1. The fourth-order valence-electron chi connectivity index (χ4n) is 3.80. The minimum atomic E-state index is -0.574. The van der Waals surface area contributed by atoms with E-state index in [1.165, 1.54) is 0 Å². The van der Waals surface area contributed by atoms with E-state index < -0.39 is 6.10 Å². The maximum atomic E-state index is 12.8. The van der Waals surface area contributed by atoms with E-state index in [0.717, 1.165) is 24.2 Å². The highest BCUT2D eigenvalue weighted by Gasteiger charge is 2.29. The summed E-state index contributed by atoms with van der Waals surface area (Å²) in [4.78, 5) is 23.3. The summed E-state index contributed by atoms with van der Waals surface area (Å²) < 4.78 is 1.95. The number of benzene rings is 1. The number of hydrogen-bond donors (Lipinski definition) is 1. The number of pyridine rings is 1. The number of aromatic nitrogens is 3. The summed E-state index contributed by atoms with van der Waals surface area (Å²) in [6.07, 6.45) is 6.33. The summed E-state index contributed by atoms with van der Waals surface area (Å²) in [5.74, 6) is 1.05. The second-order valence-corrected chi connectivity index (χ2v) is 7.27. The van der Waals surface area contributed by atoms with Crippen molar-refractivity contribution in [2.24, 2.45) is 13.0 Å². The zero-order valence-electron chi connectivity index (χ0n) is 15.9. The molecule has 6 nitrogen and oxygen atoms in total. The molecule has 0 spiro atoms. The van der Waals surface area contributed by atoms with Gasteiger partial charge in [0.05, 0.1) is 11.8 Å². The molecule has 0 aliphatic carbocycles. The number of rotatable bonds is 4. The molecule has 1 aliphatic rings. The van der Waals surface area contributed by atoms with Gasteiger partial charge in [0.25, 0.3) is 5.91 Å². The second kappa shape index (κ2) is 7.94. The molecule has 1 saturated heterocycles. The second-order valence-electron chi connectivity index (χ2n) is 7.27. The van der Waals surface area contributed by atoms with E-state index in [9.17, 15) is 9.90 Å². The molecular weight excluding hydrogens is 352 g/mol. The maximum Gasteiger partial charge on any atom is 0.253 e. The minimum Gasteiger partial charge on any atom is -0.387 e. The van der Waals surface area contributed by atoms with E-state index in [2.05, 4.69) is 9.97 Å². The lowest BCUT2D eigenvalue weighted by molar-refractivity contribution is 0.0447. The van der Waals surface area contributed by atoms with Gasteiger partial charge in [-0.05, 0) is 43.0 Å². The van der Waals surface area contributed by atoms with E-state index in [4.69, 9.17) is 0 Å². The van der Waals surface area contributed by atoms with Crippen LogP contribution < -0.4 is 0 Å². The number of piperidine rings is 1. The molecule has 2 aromatic heterocycles. The normalized spacial score (nSPS) is 16.1. The van der Waals surface area contributed by atoms with E-state index in [-0.39, 0.29) is 11.8 Å². The lowest BCUT2D eigenvalue weighted by atomic mass is 9.89. The van der Waals surface area contributed by atoms with Crippen molar-refractivity contribution in [1.29, 1.82) is 0 Å². The Labute approximate surface area is 164 Å². The van der Waals surface area contributed by atoms with Crippen molar-refractivity contribution in [3.05, 3.63) is 72.3 Å². The van der Waals surface area contributed by atoms with Crippen LogP contribution in [0.1, 0.15) is 35.0 Å². The first-order valence-electron chi connectivity index (χ1n) is 9.59. The molecule has 0 saturated carbocycles. The van der Waals surface area contributed by atoms with Crippen molar-refractivity contribution in [3.8, 4) is 11.4 Å². The van der Waals surface area contributed by atoms with Crippen LogP contribution in [-0.4, -0.2) is 43.5 Å². The van der Waals surface area contributed by atoms with Crippen LogP contribution in [0.4, 0.5) is 0 Å². The Balaban J connectivity index is 1.38. The van der Waals surface area contributed by atoms with Gasteiger partial charge < -0.3 is 14.6 Å². The monoisotopic (exact) mass is 376 g/mol. The minimum absolute atomic E-state index is 0.0390. The molecule has 3 aromatic rings. The Morgan fingerprint density at radius 1 is 1.07 bits per heavy atom. The quantitative estimate of drug-likeness (QED) is 0.760. The number of carbonyl (C=O) groups is 1. The first kappa shape index (κ1) is 18.4. The molecule has 1 amide bonds. The van der Waals surface area contributed by atoms with Crippen molar-refractivity contribution in [2.75, 3.05) is 13.1 Å². The molecule has 0 unspecified atom stereocenters. The summed E-state index contributed by atoms with van der Waals surface area (Å²) in [5.41, 5.74) is 2.38. The SMILES string of the molecule is Cn1ccnc1-c1ccc(C(=O)N2CCC([C@H](O)c3ccccn3)CC2)cc1. The largest absolute Gasteiger partial charge is 0.387 e. The third kappa shape index (κ3) is 3.68. The van der Waals surface area contributed by atoms with Crippen LogP contribution in [0, 0.1) is 5.92 Å². The number of aliphatic hydroxyl groups excluding tert-OH is 1. The number of likely N-dealkylation sites (tertiary alicyclic amines) is 1. The zero-order chi connectivity index (χ0) is 19.5. The number of aliphatic hydroxyl groups is 1. The smallest absolute Gasteiger partial charge is 0.253 e. The van der Waals surface area contributed by atoms with Crippen molar-refractivity contribution in [2.45, 2.75) is 18.9 Å². The fraction of sp³-hybridized carbons (Fsp3) is 0.318. The van der Waals surface area contributed by atoms with Crippen LogP contribution in [0.5, 0.6) is 0 Å². The molecule has 28 heavy (non-hydrogen) atoms. The van der Waals surface area contributed by atoms with Crippen molar-refractivity contribution >= 4 is 5.91 Å². The average molecular weight is 376 g/mol. The number of aryl methyl sites for hydroxylation is 1. The number of imidazole rings is 1. The summed E-state index contributed by atoms with van der Waals surface area (Å²) in [7, 11) is 1.95. The Morgan fingerprint density at radius 2 is 1.82 bits per heavy atom. The van der Waals surface area contributed by atoms with Gasteiger partial charge in [-0.25, -0.2) is 4.98 Å². The fourth-order valence-corrected chi connectivity index (χ4v) is 3.80. The summed E-state index contributed by atoms with van der Waals surface area (Å²) in [6.45, 7) is 1.29. The van der Waals surface area contributed by atoms with Gasteiger partial charge in [0, 0.05) is 49.9 Å².